The van der Waals surface area contributed by atoms with Crippen molar-refractivity contribution in [3.8, 4) is 0 Å². The minimum atomic E-state index is -0.325. The zero-order valence-electron chi connectivity index (χ0n) is 12.0. The van der Waals surface area contributed by atoms with Gasteiger partial charge in [-0.1, -0.05) is 17.2 Å². The molecule has 0 aromatic heterocycles. The lowest BCUT2D eigenvalue weighted by molar-refractivity contribution is -0.143. The first kappa shape index (κ1) is 15.3. The van der Waals surface area contributed by atoms with Gasteiger partial charge in [-0.05, 0) is 48.9 Å². The van der Waals surface area contributed by atoms with Gasteiger partial charge < -0.3 is 4.74 Å². The molecule has 6 heteroatoms. The zero-order chi connectivity index (χ0) is 15.3. The fourth-order valence-corrected chi connectivity index (χ4v) is 2.90. The van der Waals surface area contributed by atoms with Crippen LogP contribution in [0.15, 0.2) is 29.4 Å². The standard InChI is InChI=1S/C15H18FN3O2/c1-11(20)21-10-15(12-2-4-13(16)5-3-12)8-6-14(7-9-15)18-19-17/h2-5,14H,6-10H2,1H3. The smallest absolute Gasteiger partial charge is 0.302 e. The van der Waals surface area contributed by atoms with Crippen LogP contribution in [0.4, 0.5) is 4.39 Å². The van der Waals surface area contributed by atoms with Crippen molar-refractivity contribution in [3.63, 3.8) is 0 Å². The highest BCUT2D eigenvalue weighted by atomic mass is 19.1. The van der Waals surface area contributed by atoms with E-state index in [1.165, 1.54) is 19.1 Å². The largest absolute Gasteiger partial charge is 0.465 e. The molecule has 2 rings (SSSR count). The quantitative estimate of drug-likeness (QED) is 0.365. The molecule has 0 atom stereocenters. The molecule has 1 saturated carbocycles. The number of esters is 1. The van der Waals surface area contributed by atoms with Crippen molar-refractivity contribution < 1.29 is 13.9 Å². The van der Waals surface area contributed by atoms with E-state index in [1.54, 1.807) is 12.1 Å². The lowest BCUT2D eigenvalue weighted by atomic mass is 9.69. The number of hydrogen-bond donors (Lipinski definition) is 0. The average Bonchev–Trinajstić information content (AvgIpc) is 2.48. The van der Waals surface area contributed by atoms with E-state index in [2.05, 4.69) is 10.0 Å². The number of nitrogens with zero attached hydrogens (tertiary/aromatic N) is 3. The SMILES string of the molecule is CC(=O)OCC1(c2ccc(F)cc2)CCC(N=[N+]=[N-])CC1. The summed E-state index contributed by atoms with van der Waals surface area (Å²) in [6.07, 6.45) is 2.97. The second-order valence-corrected chi connectivity index (χ2v) is 5.50. The topological polar surface area (TPSA) is 75.1 Å². The van der Waals surface area contributed by atoms with Gasteiger partial charge in [0.1, 0.15) is 12.4 Å². The number of carbonyl (C=O) groups is 1. The number of hydrogen-bond acceptors (Lipinski definition) is 3. The van der Waals surface area contributed by atoms with Gasteiger partial charge in [0, 0.05) is 23.3 Å². The molecule has 0 heterocycles. The summed E-state index contributed by atoms with van der Waals surface area (Å²) in [5.41, 5.74) is 9.16. The summed E-state index contributed by atoms with van der Waals surface area (Å²) in [6.45, 7) is 1.65. The first-order valence-corrected chi connectivity index (χ1v) is 6.99. The molecule has 21 heavy (non-hydrogen) atoms. The summed E-state index contributed by atoms with van der Waals surface area (Å²) in [4.78, 5) is 14.0. The number of carbonyl (C=O) groups excluding carboxylic acids is 1. The highest BCUT2D eigenvalue weighted by molar-refractivity contribution is 5.66. The maximum Gasteiger partial charge on any atom is 0.302 e. The molecule has 1 fully saturated rings. The van der Waals surface area contributed by atoms with E-state index in [1.807, 2.05) is 0 Å². The lowest BCUT2D eigenvalue weighted by Crippen LogP contribution is -2.38. The zero-order valence-corrected chi connectivity index (χ0v) is 12.0. The first-order chi connectivity index (χ1) is 10.1. The van der Waals surface area contributed by atoms with Gasteiger partial charge in [0.05, 0.1) is 0 Å². The number of azide groups is 1. The molecular weight excluding hydrogens is 273 g/mol. The van der Waals surface area contributed by atoms with Crippen LogP contribution in [0.3, 0.4) is 0 Å². The van der Waals surface area contributed by atoms with Crippen LogP contribution in [0.25, 0.3) is 10.4 Å². The van der Waals surface area contributed by atoms with E-state index >= 15 is 0 Å². The van der Waals surface area contributed by atoms with Crippen molar-refractivity contribution in [1.29, 1.82) is 0 Å². The highest BCUT2D eigenvalue weighted by Crippen LogP contribution is 2.40. The normalized spacial score (nSPS) is 25.0. The third-order valence-electron chi connectivity index (χ3n) is 4.14. The second kappa shape index (κ2) is 6.59. The third-order valence-corrected chi connectivity index (χ3v) is 4.14. The molecule has 1 aliphatic rings. The van der Waals surface area contributed by atoms with Crippen molar-refractivity contribution in [2.24, 2.45) is 5.11 Å². The van der Waals surface area contributed by atoms with Crippen LogP contribution in [-0.4, -0.2) is 18.6 Å². The summed E-state index contributed by atoms with van der Waals surface area (Å²) in [6, 6.07) is 6.31. The van der Waals surface area contributed by atoms with Gasteiger partial charge in [-0.3, -0.25) is 4.79 Å². The molecule has 0 amide bonds. The Bertz CT molecular complexity index is 545. The van der Waals surface area contributed by atoms with Gasteiger partial charge in [0.2, 0.25) is 0 Å². The molecular formula is C15H18FN3O2. The summed E-state index contributed by atoms with van der Waals surface area (Å²) >= 11 is 0. The van der Waals surface area contributed by atoms with Gasteiger partial charge in [0.25, 0.3) is 0 Å². The van der Waals surface area contributed by atoms with Crippen LogP contribution in [0.2, 0.25) is 0 Å². The predicted molar refractivity (Wildman–Crippen MR) is 76.1 cm³/mol. The third kappa shape index (κ3) is 3.73. The maximum atomic E-state index is 13.1. The number of rotatable bonds is 4. The summed E-state index contributed by atoms with van der Waals surface area (Å²) in [7, 11) is 0. The molecule has 0 saturated heterocycles. The molecule has 0 aliphatic heterocycles. The Labute approximate surface area is 122 Å². The van der Waals surface area contributed by atoms with Gasteiger partial charge >= 0.3 is 5.97 Å². The molecule has 0 spiro atoms. The van der Waals surface area contributed by atoms with Crippen molar-refractivity contribution >= 4 is 5.97 Å². The minimum absolute atomic E-state index is 0.0131. The second-order valence-electron chi connectivity index (χ2n) is 5.50. The van der Waals surface area contributed by atoms with E-state index in [-0.39, 0.29) is 29.9 Å². The van der Waals surface area contributed by atoms with E-state index in [0.29, 0.717) is 0 Å². The molecule has 0 bridgehead atoms. The molecule has 1 aliphatic carbocycles. The predicted octanol–water partition coefficient (Wildman–Crippen LogP) is 3.88. The maximum absolute atomic E-state index is 13.1. The Morgan fingerprint density at radius 3 is 2.57 bits per heavy atom. The Morgan fingerprint density at radius 1 is 1.43 bits per heavy atom. The van der Waals surface area contributed by atoms with Crippen LogP contribution in [-0.2, 0) is 14.9 Å². The molecule has 5 nitrogen and oxygen atoms in total. The van der Waals surface area contributed by atoms with E-state index in [0.717, 1.165) is 31.2 Å². The molecule has 0 unspecified atom stereocenters. The highest BCUT2D eigenvalue weighted by Gasteiger charge is 2.37. The van der Waals surface area contributed by atoms with Crippen molar-refractivity contribution in [3.05, 3.63) is 46.1 Å². The van der Waals surface area contributed by atoms with Gasteiger partial charge in [-0.15, -0.1) is 0 Å². The van der Waals surface area contributed by atoms with Crippen LogP contribution >= 0.6 is 0 Å². The Hall–Kier alpha value is -2.07. The summed E-state index contributed by atoms with van der Waals surface area (Å²) in [5, 5.41) is 3.76. The fraction of sp³-hybridized carbons (Fsp3) is 0.533. The summed E-state index contributed by atoms with van der Waals surface area (Å²) < 4.78 is 18.3. The number of halogens is 1. The molecule has 0 N–H and O–H groups in total. The Kier molecular flexibility index (Phi) is 4.81. The number of benzene rings is 1. The van der Waals surface area contributed by atoms with Crippen molar-refractivity contribution in [2.45, 2.75) is 44.1 Å². The summed E-state index contributed by atoms with van der Waals surface area (Å²) in [5.74, 6) is -0.613. The number of ether oxygens (including phenoxy) is 1. The Morgan fingerprint density at radius 2 is 2.05 bits per heavy atom. The fourth-order valence-electron chi connectivity index (χ4n) is 2.90. The van der Waals surface area contributed by atoms with Crippen molar-refractivity contribution in [2.75, 3.05) is 6.61 Å². The molecule has 1 aromatic carbocycles. The van der Waals surface area contributed by atoms with Gasteiger partial charge in [-0.25, -0.2) is 4.39 Å². The van der Waals surface area contributed by atoms with Crippen LogP contribution in [0, 0.1) is 5.82 Å². The van der Waals surface area contributed by atoms with Crippen LogP contribution in [0.5, 0.6) is 0 Å². The molecule has 1 aromatic rings. The van der Waals surface area contributed by atoms with Crippen LogP contribution in [0.1, 0.15) is 38.2 Å². The van der Waals surface area contributed by atoms with Crippen LogP contribution < -0.4 is 0 Å². The first-order valence-electron chi connectivity index (χ1n) is 6.99. The lowest BCUT2D eigenvalue weighted by Gasteiger charge is -2.39. The monoisotopic (exact) mass is 291 g/mol. The van der Waals surface area contributed by atoms with Gasteiger partial charge in [0.15, 0.2) is 0 Å². The molecule has 112 valence electrons. The van der Waals surface area contributed by atoms with E-state index < -0.39 is 0 Å². The van der Waals surface area contributed by atoms with E-state index in [9.17, 15) is 9.18 Å². The molecule has 0 radical (unpaired) electrons. The van der Waals surface area contributed by atoms with Gasteiger partial charge in [-0.2, -0.15) is 0 Å². The van der Waals surface area contributed by atoms with E-state index in [4.69, 9.17) is 10.3 Å². The van der Waals surface area contributed by atoms with Crippen molar-refractivity contribution in [1.82, 2.24) is 0 Å². The Balaban J connectivity index is 2.21. The average molecular weight is 291 g/mol. The minimum Gasteiger partial charge on any atom is -0.465 e.